The number of esters is 1. The quantitative estimate of drug-likeness (QED) is 0.212. The Morgan fingerprint density at radius 1 is 1.14 bits per heavy atom. The van der Waals surface area contributed by atoms with Crippen LogP contribution in [-0.4, -0.2) is 34.5 Å². The standard InChI is InChI=1S/C24H44O4/c1-4-7-12-18-24(27,5-2)19-17-20-15-16-22(25)21(20)13-10-8-9-11-14-23(26)28-6-3/h17,21-22,25,27H,4-16,18-19H2,1-3H3/t21-,22+,24?/m1/s1. The molecular weight excluding hydrogens is 352 g/mol. The van der Waals surface area contributed by atoms with Crippen LogP contribution in [0.4, 0.5) is 0 Å². The van der Waals surface area contributed by atoms with Crippen LogP contribution in [0.25, 0.3) is 0 Å². The van der Waals surface area contributed by atoms with Crippen LogP contribution in [-0.2, 0) is 9.53 Å². The molecule has 1 fully saturated rings. The van der Waals surface area contributed by atoms with E-state index in [1.165, 1.54) is 18.4 Å². The van der Waals surface area contributed by atoms with Crippen molar-refractivity contribution >= 4 is 5.97 Å². The van der Waals surface area contributed by atoms with Crippen LogP contribution in [0.2, 0.25) is 0 Å². The monoisotopic (exact) mass is 396 g/mol. The van der Waals surface area contributed by atoms with E-state index in [2.05, 4.69) is 19.9 Å². The second-order valence-corrected chi connectivity index (χ2v) is 8.49. The molecule has 0 amide bonds. The number of aliphatic hydroxyl groups excluding tert-OH is 1. The van der Waals surface area contributed by atoms with Crippen molar-refractivity contribution in [2.24, 2.45) is 5.92 Å². The molecule has 28 heavy (non-hydrogen) atoms. The number of hydrogen-bond acceptors (Lipinski definition) is 4. The van der Waals surface area contributed by atoms with Gasteiger partial charge in [-0.15, -0.1) is 0 Å². The van der Waals surface area contributed by atoms with Crippen molar-refractivity contribution in [1.82, 2.24) is 0 Å². The van der Waals surface area contributed by atoms with Gasteiger partial charge in [-0.3, -0.25) is 4.79 Å². The number of rotatable bonds is 15. The number of aliphatic hydroxyl groups is 2. The van der Waals surface area contributed by atoms with Gasteiger partial charge in [0.25, 0.3) is 0 Å². The summed E-state index contributed by atoms with van der Waals surface area (Å²) in [6, 6.07) is 0. The molecule has 1 saturated carbocycles. The highest BCUT2D eigenvalue weighted by molar-refractivity contribution is 5.69. The highest BCUT2D eigenvalue weighted by Crippen LogP contribution is 2.37. The summed E-state index contributed by atoms with van der Waals surface area (Å²) in [7, 11) is 0. The molecule has 1 aliphatic carbocycles. The molecule has 1 unspecified atom stereocenters. The maximum absolute atomic E-state index is 11.3. The average molecular weight is 397 g/mol. The molecule has 0 aromatic rings. The molecule has 0 bridgehead atoms. The molecule has 0 aromatic heterocycles. The van der Waals surface area contributed by atoms with E-state index in [9.17, 15) is 15.0 Å². The molecular formula is C24H44O4. The van der Waals surface area contributed by atoms with Crippen molar-refractivity contribution < 1.29 is 19.7 Å². The second-order valence-electron chi connectivity index (χ2n) is 8.49. The minimum absolute atomic E-state index is 0.0960. The first kappa shape index (κ1) is 25.2. The number of ether oxygens (including phenoxy) is 1. The Labute approximate surface area is 172 Å². The second kappa shape index (κ2) is 14.2. The summed E-state index contributed by atoms with van der Waals surface area (Å²) in [4.78, 5) is 11.3. The molecule has 1 rings (SSSR count). The Hall–Kier alpha value is -0.870. The van der Waals surface area contributed by atoms with E-state index in [1.54, 1.807) is 0 Å². The molecule has 0 radical (unpaired) electrons. The molecule has 0 aromatic carbocycles. The lowest BCUT2D eigenvalue weighted by Crippen LogP contribution is -2.27. The SMILES string of the molecule is CCCCCC(O)(CC)CC=C1CC[C@H](O)[C@@H]1CCCCCCC(=O)OCC. The Morgan fingerprint density at radius 3 is 2.57 bits per heavy atom. The first-order valence-electron chi connectivity index (χ1n) is 11.7. The first-order valence-corrected chi connectivity index (χ1v) is 11.7. The molecule has 0 spiro atoms. The third-order valence-corrected chi connectivity index (χ3v) is 6.27. The summed E-state index contributed by atoms with van der Waals surface area (Å²) < 4.78 is 4.95. The lowest BCUT2D eigenvalue weighted by atomic mass is 9.87. The fourth-order valence-electron chi connectivity index (χ4n) is 4.25. The highest BCUT2D eigenvalue weighted by atomic mass is 16.5. The Balaban J connectivity index is 2.39. The summed E-state index contributed by atoms with van der Waals surface area (Å²) in [5.74, 6) is 0.156. The number of carbonyl (C=O) groups excluding carboxylic acids is 1. The van der Waals surface area contributed by atoms with Crippen LogP contribution in [0.3, 0.4) is 0 Å². The summed E-state index contributed by atoms with van der Waals surface area (Å²) >= 11 is 0. The van der Waals surface area contributed by atoms with Gasteiger partial charge in [-0.2, -0.15) is 0 Å². The van der Waals surface area contributed by atoms with Crippen molar-refractivity contribution in [2.45, 2.75) is 122 Å². The van der Waals surface area contributed by atoms with Crippen LogP contribution in [0.1, 0.15) is 111 Å². The van der Waals surface area contributed by atoms with E-state index in [0.717, 1.165) is 64.2 Å². The largest absolute Gasteiger partial charge is 0.466 e. The molecule has 1 aliphatic rings. The third-order valence-electron chi connectivity index (χ3n) is 6.27. The van der Waals surface area contributed by atoms with Gasteiger partial charge in [0.15, 0.2) is 0 Å². The molecule has 4 heteroatoms. The number of carbonyl (C=O) groups is 1. The third kappa shape index (κ3) is 9.56. The van der Waals surface area contributed by atoms with Crippen LogP contribution in [0.5, 0.6) is 0 Å². The minimum Gasteiger partial charge on any atom is -0.466 e. The number of unbranched alkanes of at least 4 members (excludes halogenated alkanes) is 5. The molecule has 164 valence electrons. The summed E-state index contributed by atoms with van der Waals surface area (Å²) in [6.45, 7) is 6.55. The van der Waals surface area contributed by atoms with Gasteiger partial charge in [-0.05, 0) is 51.9 Å². The van der Waals surface area contributed by atoms with E-state index in [0.29, 0.717) is 19.4 Å². The maximum atomic E-state index is 11.3. The normalized spacial score (nSPS) is 23.1. The van der Waals surface area contributed by atoms with Crippen molar-refractivity contribution in [3.05, 3.63) is 11.6 Å². The van der Waals surface area contributed by atoms with Crippen LogP contribution < -0.4 is 0 Å². The van der Waals surface area contributed by atoms with Crippen LogP contribution in [0.15, 0.2) is 11.6 Å². The summed E-state index contributed by atoms with van der Waals surface area (Å²) in [5.41, 5.74) is 0.759. The van der Waals surface area contributed by atoms with E-state index < -0.39 is 5.60 Å². The van der Waals surface area contributed by atoms with E-state index >= 15 is 0 Å². The molecule has 3 atom stereocenters. The zero-order valence-corrected chi connectivity index (χ0v) is 18.5. The smallest absolute Gasteiger partial charge is 0.305 e. The Morgan fingerprint density at radius 2 is 1.89 bits per heavy atom. The van der Waals surface area contributed by atoms with Crippen molar-refractivity contribution in [3.63, 3.8) is 0 Å². The minimum atomic E-state index is -0.590. The zero-order chi connectivity index (χ0) is 20.8. The van der Waals surface area contributed by atoms with Crippen molar-refractivity contribution in [3.8, 4) is 0 Å². The maximum Gasteiger partial charge on any atom is 0.305 e. The van der Waals surface area contributed by atoms with Gasteiger partial charge in [0.2, 0.25) is 0 Å². The molecule has 0 heterocycles. The predicted molar refractivity (Wildman–Crippen MR) is 115 cm³/mol. The number of hydrogen-bond donors (Lipinski definition) is 2. The topological polar surface area (TPSA) is 66.8 Å². The molecule has 0 aliphatic heterocycles. The first-order chi connectivity index (χ1) is 13.5. The average Bonchev–Trinajstić information content (AvgIpc) is 3.03. The Bertz CT molecular complexity index is 460. The predicted octanol–water partition coefficient (Wildman–Crippen LogP) is 5.70. The highest BCUT2D eigenvalue weighted by Gasteiger charge is 2.30. The molecule has 0 saturated heterocycles. The van der Waals surface area contributed by atoms with Gasteiger partial charge in [-0.1, -0.05) is 64.0 Å². The summed E-state index contributed by atoms with van der Waals surface area (Å²) in [5, 5.41) is 21.3. The lowest BCUT2D eigenvalue weighted by molar-refractivity contribution is -0.143. The fraction of sp³-hybridized carbons (Fsp3) is 0.875. The van der Waals surface area contributed by atoms with Crippen LogP contribution in [0, 0.1) is 5.92 Å². The van der Waals surface area contributed by atoms with Crippen molar-refractivity contribution in [2.75, 3.05) is 6.61 Å². The zero-order valence-electron chi connectivity index (χ0n) is 18.5. The van der Waals surface area contributed by atoms with Gasteiger partial charge in [-0.25, -0.2) is 0 Å². The molecule has 4 nitrogen and oxygen atoms in total. The van der Waals surface area contributed by atoms with Gasteiger partial charge in [0.05, 0.1) is 18.3 Å². The summed E-state index contributed by atoms with van der Waals surface area (Å²) in [6.07, 6.45) is 15.2. The van der Waals surface area contributed by atoms with E-state index in [1.807, 2.05) is 6.92 Å². The van der Waals surface area contributed by atoms with Gasteiger partial charge in [0.1, 0.15) is 0 Å². The fourth-order valence-corrected chi connectivity index (χ4v) is 4.25. The van der Waals surface area contributed by atoms with Crippen molar-refractivity contribution in [1.29, 1.82) is 0 Å². The van der Waals surface area contributed by atoms with Gasteiger partial charge < -0.3 is 14.9 Å². The Kier molecular flexibility index (Phi) is 12.7. The van der Waals surface area contributed by atoms with Gasteiger partial charge in [0, 0.05) is 12.3 Å². The van der Waals surface area contributed by atoms with E-state index in [-0.39, 0.29) is 18.0 Å². The van der Waals surface area contributed by atoms with E-state index in [4.69, 9.17) is 4.74 Å². The van der Waals surface area contributed by atoms with Crippen LogP contribution >= 0.6 is 0 Å². The van der Waals surface area contributed by atoms with Gasteiger partial charge >= 0.3 is 5.97 Å². The molecule has 2 N–H and O–H groups in total. The lowest BCUT2D eigenvalue weighted by Gasteiger charge is -2.26.